The fourth-order valence-corrected chi connectivity index (χ4v) is 5.35. The quantitative estimate of drug-likeness (QED) is 0.428. The molecular weight excluding hydrogens is 410 g/mol. The number of rotatable bonds is 10. The molecule has 0 N–H and O–H groups in total. The molecule has 180 valence electrons. The number of carbonyl (C=O) groups excluding carboxylic acids is 1. The van der Waals surface area contributed by atoms with E-state index in [0.717, 1.165) is 49.7 Å². The van der Waals surface area contributed by atoms with Gasteiger partial charge in [0.15, 0.2) is 0 Å². The van der Waals surface area contributed by atoms with Crippen molar-refractivity contribution in [2.45, 2.75) is 58.3 Å². The minimum Gasteiger partial charge on any atom is -0.497 e. The summed E-state index contributed by atoms with van der Waals surface area (Å²) in [6.07, 6.45) is 5.44. The zero-order valence-electron chi connectivity index (χ0n) is 21.1. The highest BCUT2D eigenvalue weighted by Crippen LogP contribution is 2.39. The van der Waals surface area contributed by atoms with Gasteiger partial charge in [0.05, 0.1) is 19.6 Å². The molecular formula is C29H41NO3. The van der Waals surface area contributed by atoms with Crippen LogP contribution in [0.2, 0.25) is 0 Å². The van der Waals surface area contributed by atoms with Crippen LogP contribution in [0.3, 0.4) is 0 Å². The summed E-state index contributed by atoms with van der Waals surface area (Å²) in [6.45, 7) is 9.71. The highest BCUT2D eigenvalue weighted by Gasteiger charge is 2.44. The molecule has 2 aromatic rings. The van der Waals surface area contributed by atoms with Crippen LogP contribution in [-0.2, 0) is 21.4 Å². The zero-order valence-corrected chi connectivity index (χ0v) is 21.1. The molecule has 1 aliphatic heterocycles. The Hall–Kier alpha value is -2.33. The van der Waals surface area contributed by atoms with Gasteiger partial charge in [0, 0.05) is 0 Å². The Labute approximate surface area is 200 Å². The summed E-state index contributed by atoms with van der Waals surface area (Å²) >= 11 is 0. The molecule has 1 aliphatic rings. The van der Waals surface area contributed by atoms with Crippen molar-refractivity contribution in [2.24, 2.45) is 11.8 Å². The van der Waals surface area contributed by atoms with E-state index in [0.29, 0.717) is 0 Å². The maximum absolute atomic E-state index is 13.1. The molecule has 1 heterocycles. The Kier molecular flexibility index (Phi) is 8.96. The highest BCUT2D eigenvalue weighted by atomic mass is 16.5. The van der Waals surface area contributed by atoms with E-state index in [-0.39, 0.29) is 11.9 Å². The van der Waals surface area contributed by atoms with Crippen LogP contribution in [0, 0.1) is 18.8 Å². The number of benzene rings is 2. The first-order valence-corrected chi connectivity index (χ1v) is 12.4. The maximum Gasteiger partial charge on any atom is 0.316 e. The highest BCUT2D eigenvalue weighted by molar-refractivity contribution is 5.83. The molecule has 1 fully saturated rings. The van der Waals surface area contributed by atoms with Crippen LogP contribution in [0.25, 0.3) is 0 Å². The minimum absolute atomic E-state index is 0.138. The third-order valence-corrected chi connectivity index (χ3v) is 7.54. The SMILES string of the molecule is COC(=O)C(CCCN1CCC(Cc2ccc(C)cc2)CC1)(c1ccc(OC)cc1)C(C)C. The second-order valence-corrected chi connectivity index (χ2v) is 9.92. The molecule has 1 saturated heterocycles. The average Bonchev–Trinajstić information content (AvgIpc) is 2.84. The van der Waals surface area contributed by atoms with Crippen LogP contribution in [0.15, 0.2) is 48.5 Å². The first-order valence-electron chi connectivity index (χ1n) is 12.4. The minimum atomic E-state index is -0.634. The number of aryl methyl sites for hydroxylation is 1. The summed E-state index contributed by atoms with van der Waals surface area (Å²) in [7, 11) is 3.16. The Bertz CT molecular complexity index is 867. The van der Waals surface area contributed by atoms with E-state index >= 15 is 0 Å². The van der Waals surface area contributed by atoms with Gasteiger partial charge < -0.3 is 14.4 Å². The number of esters is 1. The number of carbonyl (C=O) groups is 1. The van der Waals surface area contributed by atoms with Crippen LogP contribution in [-0.4, -0.2) is 44.7 Å². The Morgan fingerprint density at radius 3 is 2.21 bits per heavy atom. The Morgan fingerprint density at radius 1 is 1.03 bits per heavy atom. The lowest BCUT2D eigenvalue weighted by atomic mass is 9.68. The topological polar surface area (TPSA) is 38.8 Å². The standard InChI is InChI=1S/C29H41NO3/c1-22(2)29(28(31)33-5,26-11-13-27(32-4)14-12-26)17-6-18-30-19-15-25(16-20-30)21-24-9-7-23(3)8-10-24/h7-14,22,25H,6,15-21H2,1-5H3. The predicted octanol–water partition coefficient (Wildman–Crippen LogP) is 5.81. The van der Waals surface area contributed by atoms with Crippen molar-refractivity contribution < 1.29 is 14.3 Å². The summed E-state index contributed by atoms with van der Waals surface area (Å²) in [5, 5.41) is 0. The van der Waals surface area contributed by atoms with Gasteiger partial charge in [-0.2, -0.15) is 0 Å². The monoisotopic (exact) mass is 451 g/mol. The molecule has 4 nitrogen and oxygen atoms in total. The smallest absolute Gasteiger partial charge is 0.316 e. The lowest BCUT2D eigenvalue weighted by molar-refractivity contribution is -0.150. The number of piperidine rings is 1. The summed E-state index contributed by atoms with van der Waals surface area (Å²) in [4.78, 5) is 15.7. The molecule has 1 atom stereocenters. The third-order valence-electron chi connectivity index (χ3n) is 7.54. The largest absolute Gasteiger partial charge is 0.497 e. The number of likely N-dealkylation sites (tertiary alicyclic amines) is 1. The lowest BCUT2D eigenvalue weighted by Gasteiger charge is -2.37. The van der Waals surface area contributed by atoms with Gasteiger partial charge in [-0.3, -0.25) is 4.79 Å². The average molecular weight is 452 g/mol. The van der Waals surface area contributed by atoms with Gasteiger partial charge >= 0.3 is 5.97 Å². The van der Waals surface area contributed by atoms with Crippen molar-refractivity contribution in [1.82, 2.24) is 4.90 Å². The molecule has 0 saturated carbocycles. The van der Waals surface area contributed by atoms with Crippen LogP contribution >= 0.6 is 0 Å². The molecule has 0 bridgehead atoms. The molecule has 0 aromatic heterocycles. The van der Waals surface area contributed by atoms with Crippen molar-refractivity contribution in [3.05, 3.63) is 65.2 Å². The second-order valence-electron chi connectivity index (χ2n) is 9.92. The summed E-state index contributed by atoms with van der Waals surface area (Å²) in [5.41, 5.74) is 3.16. The molecule has 3 rings (SSSR count). The number of hydrogen-bond donors (Lipinski definition) is 0. The van der Waals surface area contributed by atoms with Crippen LogP contribution < -0.4 is 4.74 Å². The van der Waals surface area contributed by atoms with Crippen molar-refractivity contribution in [3.63, 3.8) is 0 Å². The first kappa shape index (κ1) is 25.3. The van der Waals surface area contributed by atoms with E-state index in [1.54, 1.807) is 7.11 Å². The van der Waals surface area contributed by atoms with Gasteiger partial charge in [0.2, 0.25) is 0 Å². The molecule has 0 aliphatic carbocycles. The summed E-state index contributed by atoms with van der Waals surface area (Å²) in [6, 6.07) is 16.9. The number of methoxy groups -OCH3 is 2. The zero-order chi connectivity index (χ0) is 23.8. The molecule has 0 amide bonds. The van der Waals surface area contributed by atoms with Crippen molar-refractivity contribution in [2.75, 3.05) is 33.9 Å². The molecule has 0 radical (unpaired) electrons. The third kappa shape index (κ3) is 6.17. The van der Waals surface area contributed by atoms with Crippen LogP contribution in [0.4, 0.5) is 0 Å². The predicted molar refractivity (Wildman–Crippen MR) is 135 cm³/mol. The van der Waals surface area contributed by atoms with E-state index in [1.807, 2.05) is 24.3 Å². The maximum atomic E-state index is 13.1. The number of nitrogens with zero attached hydrogens (tertiary/aromatic N) is 1. The Morgan fingerprint density at radius 2 is 1.67 bits per heavy atom. The lowest BCUT2D eigenvalue weighted by Crippen LogP contribution is -2.43. The Balaban J connectivity index is 1.57. The van der Waals surface area contributed by atoms with E-state index in [2.05, 4.69) is 49.9 Å². The first-order chi connectivity index (χ1) is 15.9. The van der Waals surface area contributed by atoms with Gasteiger partial charge in [-0.05, 0) is 93.8 Å². The fourth-order valence-electron chi connectivity index (χ4n) is 5.35. The van der Waals surface area contributed by atoms with E-state index in [4.69, 9.17) is 9.47 Å². The van der Waals surface area contributed by atoms with E-state index < -0.39 is 5.41 Å². The van der Waals surface area contributed by atoms with E-state index in [9.17, 15) is 4.79 Å². The summed E-state index contributed by atoms with van der Waals surface area (Å²) in [5.74, 6) is 1.57. The van der Waals surface area contributed by atoms with Gasteiger partial charge in [-0.1, -0.05) is 55.8 Å². The molecule has 33 heavy (non-hydrogen) atoms. The van der Waals surface area contributed by atoms with Crippen molar-refractivity contribution in [3.8, 4) is 5.75 Å². The molecule has 2 aromatic carbocycles. The normalized spacial score (nSPS) is 17.0. The van der Waals surface area contributed by atoms with Crippen molar-refractivity contribution in [1.29, 1.82) is 0 Å². The van der Waals surface area contributed by atoms with Crippen LogP contribution in [0.5, 0.6) is 5.75 Å². The number of hydrogen-bond acceptors (Lipinski definition) is 4. The van der Waals surface area contributed by atoms with Gasteiger partial charge in [0.1, 0.15) is 5.75 Å². The van der Waals surface area contributed by atoms with E-state index in [1.165, 1.54) is 37.5 Å². The second kappa shape index (κ2) is 11.7. The molecule has 1 unspecified atom stereocenters. The molecule has 0 spiro atoms. The van der Waals surface area contributed by atoms with Crippen molar-refractivity contribution >= 4 is 5.97 Å². The van der Waals surface area contributed by atoms with Gasteiger partial charge in [-0.25, -0.2) is 0 Å². The fraction of sp³-hybridized carbons (Fsp3) is 0.552. The summed E-state index contributed by atoms with van der Waals surface area (Å²) < 4.78 is 10.6. The van der Waals surface area contributed by atoms with Gasteiger partial charge in [0.25, 0.3) is 0 Å². The van der Waals surface area contributed by atoms with Crippen LogP contribution in [0.1, 0.15) is 56.2 Å². The molecule has 4 heteroatoms. The number of ether oxygens (including phenoxy) is 2. The van der Waals surface area contributed by atoms with Gasteiger partial charge in [-0.15, -0.1) is 0 Å².